The first-order valence-electron chi connectivity index (χ1n) is 7.36. The molecule has 3 rings (SSSR count). The van der Waals surface area contributed by atoms with Gasteiger partial charge in [0.2, 0.25) is 0 Å². The second-order valence-electron chi connectivity index (χ2n) is 6.18. The number of aromatic nitrogens is 2. The van der Waals surface area contributed by atoms with E-state index in [1.165, 1.54) is 30.5 Å². The average molecular weight is 283 g/mol. The molecule has 1 aliphatic carbocycles. The van der Waals surface area contributed by atoms with E-state index >= 15 is 0 Å². The first-order chi connectivity index (χ1) is 9.02. The lowest BCUT2D eigenvalue weighted by molar-refractivity contribution is -0.141. The molecule has 0 N–H and O–H groups in total. The van der Waals surface area contributed by atoms with Crippen molar-refractivity contribution in [3.8, 4) is 0 Å². The molecule has 2 atom stereocenters. The summed E-state index contributed by atoms with van der Waals surface area (Å²) in [5, 5.41) is 4.79. The maximum absolute atomic E-state index is 6.28. The molecule has 0 aromatic carbocycles. The SMILES string of the molecule is Cc1nn(C2CCOC3(CCC3)C2)c(C)c1C(C)Cl. The molecule has 1 aromatic rings. The lowest BCUT2D eigenvalue weighted by atomic mass is 9.74. The van der Waals surface area contributed by atoms with Crippen molar-refractivity contribution < 1.29 is 4.74 Å². The first-order valence-corrected chi connectivity index (χ1v) is 7.80. The van der Waals surface area contributed by atoms with Gasteiger partial charge in [0.15, 0.2) is 0 Å². The monoisotopic (exact) mass is 282 g/mol. The normalized spacial score (nSPS) is 27.3. The Labute approximate surface area is 120 Å². The van der Waals surface area contributed by atoms with Crippen LogP contribution in [0.1, 0.15) is 67.4 Å². The van der Waals surface area contributed by atoms with Gasteiger partial charge >= 0.3 is 0 Å². The molecule has 19 heavy (non-hydrogen) atoms. The van der Waals surface area contributed by atoms with E-state index in [1.807, 2.05) is 6.92 Å². The first kappa shape index (κ1) is 13.4. The lowest BCUT2D eigenvalue weighted by Gasteiger charge is -2.47. The van der Waals surface area contributed by atoms with Gasteiger partial charge in [-0.2, -0.15) is 5.10 Å². The Morgan fingerprint density at radius 3 is 2.68 bits per heavy atom. The molecule has 4 heteroatoms. The van der Waals surface area contributed by atoms with Crippen molar-refractivity contribution in [1.82, 2.24) is 9.78 Å². The average Bonchev–Trinajstić information content (AvgIpc) is 2.63. The lowest BCUT2D eigenvalue weighted by Crippen LogP contribution is -2.46. The predicted octanol–water partition coefficient (Wildman–Crippen LogP) is 4.07. The summed E-state index contributed by atoms with van der Waals surface area (Å²) in [6, 6.07) is 0.483. The van der Waals surface area contributed by atoms with Crippen LogP contribution in [0.25, 0.3) is 0 Å². The van der Waals surface area contributed by atoms with Gasteiger partial charge in [-0.25, -0.2) is 0 Å². The number of aryl methyl sites for hydroxylation is 1. The third kappa shape index (κ3) is 2.21. The molecule has 0 radical (unpaired) electrons. The maximum Gasteiger partial charge on any atom is 0.0703 e. The Morgan fingerprint density at radius 2 is 2.16 bits per heavy atom. The van der Waals surface area contributed by atoms with E-state index in [9.17, 15) is 0 Å². The molecule has 1 aromatic heterocycles. The van der Waals surface area contributed by atoms with E-state index in [-0.39, 0.29) is 11.0 Å². The number of halogens is 1. The Morgan fingerprint density at radius 1 is 1.42 bits per heavy atom. The Kier molecular flexibility index (Phi) is 3.38. The van der Waals surface area contributed by atoms with E-state index in [1.54, 1.807) is 0 Å². The predicted molar refractivity (Wildman–Crippen MR) is 76.8 cm³/mol. The van der Waals surface area contributed by atoms with Gasteiger partial charge in [-0.05, 0) is 52.9 Å². The molecule has 2 fully saturated rings. The van der Waals surface area contributed by atoms with Gasteiger partial charge in [0.1, 0.15) is 0 Å². The van der Waals surface area contributed by atoms with Crippen molar-refractivity contribution in [2.75, 3.05) is 6.61 Å². The summed E-state index contributed by atoms with van der Waals surface area (Å²) in [7, 11) is 0. The van der Waals surface area contributed by atoms with Gasteiger partial charge in [-0.1, -0.05) is 0 Å². The van der Waals surface area contributed by atoms with Gasteiger partial charge in [0, 0.05) is 17.9 Å². The van der Waals surface area contributed by atoms with Crippen LogP contribution >= 0.6 is 11.6 Å². The van der Waals surface area contributed by atoms with Crippen LogP contribution in [0.4, 0.5) is 0 Å². The van der Waals surface area contributed by atoms with Gasteiger partial charge in [-0.15, -0.1) is 11.6 Å². The van der Waals surface area contributed by atoms with E-state index in [4.69, 9.17) is 21.4 Å². The highest BCUT2D eigenvalue weighted by atomic mass is 35.5. The summed E-state index contributed by atoms with van der Waals surface area (Å²) in [5.41, 5.74) is 3.69. The van der Waals surface area contributed by atoms with Crippen LogP contribution in [-0.4, -0.2) is 22.0 Å². The molecule has 3 nitrogen and oxygen atoms in total. The van der Waals surface area contributed by atoms with Gasteiger partial charge < -0.3 is 4.74 Å². The zero-order chi connectivity index (χ0) is 13.6. The van der Waals surface area contributed by atoms with Crippen molar-refractivity contribution in [2.45, 2.75) is 69.9 Å². The maximum atomic E-state index is 6.28. The molecule has 0 bridgehead atoms. The topological polar surface area (TPSA) is 27.1 Å². The molecule has 106 valence electrons. The molecule has 1 spiro atoms. The molecule has 2 heterocycles. The number of rotatable bonds is 2. The Balaban J connectivity index is 1.87. The minimum atomic E-state index is 0.0336. The van der Waals surface area contributed by atoms with E-state index in [2.05, 4.69) is 18.5 Å². The van der Waals surface area contributed by atoms with Crippen LogP contribution in [0.2, 0.25) is 0 Å². The Hall–Kier alpha value is -0.540. The molecule has 0 amide bonds. The van der Waals surface area contributed by atoms with Crippen LogP contribution in [0, 0.1) is 13.8 Å². The third-order valence-electron chi connectivity index (χ3n) is 4.86. The van der Waals surface area contributed by atoms with Crippen molar-refractivity contribution >= 4 is 11.6 Å². The van der Waals surface area contributed by atoms with Crippen LogP contribution in [0.5, 0.6) is 0 Å². The summed E-state index contributed by atoms with van der Waals surface area (Å²) in [5.74, 6) is 0. The van der Waals surface area contributed by atoms with Crippen molar-refractivity contribution in [3.63, 3.8) is 0 Å². The molecule has 1 saturated heterocycles. The smallest absolute Gasteiger partial charge is 0.0703 e. The van der Waals surface area contributed by atoms with Crippen molar-refractivity contribution in [1.29, 1.82) is 0 Å². The number of nitrogens with zero attached hydrogens (tertiary/aromatic N) is 2. The van der Waals surface area contributed by atoms with Crippen molar-refractivity contribution in [2.24, 2.45) is 0 Å². The quantitative estimate of drug-likeness (QED) is 0.765. The zero-order valence-corrected chi connectivity index (χ0v) is 12.8. The highest BCUT2D eigenvalue weighted by molar-refractivity contribution is 6.20. The van der Waals surface area contributed by atoms with E-state index < -0.39 is 0 Å². The minimum absolute atomic E-state index is 0.0336. The molecule has 1 saturated carbocycles. The van der Waals surface area contributed by atoms with Crippen LogP contribution in [0.3, 0.4) is 0 Å². The van der Waals surface area contributed by atoms with Crippen LogP contribution < -0.4 is 0 Å². The largest absolute Gasteiger partial charge is 0.375 e. The molecule has 2 unspecified atom stereocenters. The van der Waals surface area contributed by atoms with Crippen LogP contribution in [0.15, 0.2) is 0 Å². The second-order valence-corrected chi connectivity index (χ2v) is 6.83. The Bertz CT molecular complexity index is 477. The summed E-state index contributed by atoms with van der Waals surface area (Å²) in [6.07, 6.45) is 5.95. The number of ether oxygens (including phenoxy) is 1. The van der Waals surface area contributed by atoms with Gasteiger partial charge in [0.25, 0.3) is 0 Å². The molecule has 2 aliphatic rings. The summed E-state index contributed by atoms with van der Waals surface area (Å²) < 4.78 is 8.22. The molecular formula is C15H23ClN2O. The minimum Gasteiger partial charge on any atom is -0.375 e. The van der Waals surface area contributed by atoms with E-state index in [0.717, 1.165) is 25.1 Å². The van der Waals surface area contributed by atoms with E-state index in [0.29, 0.717) is 6.04 Å². The second kappa shape index (κ2) is 4.78. The highest BCUT2D eigenvalue weighted by Crippen LogP contribution is 2.46. The summed E-state index contributed by atoms with van der Waals surface area (Å²) in [4.78, 5) is 0. The van der Waals surface area contributed by atoms with Crippen molar-refractivity contribution in [3.05, 3.63) is 17.0 Å². The fourth-order valence-corrected chi connectivity index (χ4v) is 4.05. The third-order valence-corrected chi connectivity index (χ3v) is 5.07. The van der Waals surface area contributed by atoms with Gasteiger partial charge in [0.05, 0.1) is 22.7 Å². The highest BCUT2D eigenvalue weighted by Gasteiger charge is 2.43. The molecular weight excluding hydrogens is 260 g/mol. The summed E-state index contributed by atoms with van der Waals surface area (Å²) in [6.45, 7) is 7.11. The number of alkyl halides is 1. The standard InChI is InChI=1S/C15H23ClN2O/c1-10(16)14-11(2)17-18(12(14)3)13-5-8-19-15(9-13)6-4-7-15/h10,13H,4-9H2,1-3H3. The van der Waals surface area contributed by atoms with Crippen LogP contribution in [-0.2, 0) is 4.74 Å². The van der Waals surface area contributed by atoms with Gasteiger partial charge in [-0.3, -0.25) is 4.68 Å². The zero-order valence-electron chi connectivity index (χ0n) is 12.1. The fraction of sp³-hybridized carbons (Fsp3) is 0.800. The molecule has 1 aliphatic heterocycles. The number of hydrogen-bond donors (Lipinski definition) is 0. The summed E-state index contributed by atoms with van der Waals surface area (Å²) >= 11 is 6.28. The number of hydrogen-bond acceptors (Lipinski definition) is 2. The fourth-order valence-electron chi connectivity index (χ4n) is 3.74.